The monoisotopic (exact) mass is 187 g/mol. The Bertz CT molecular complexity index is 301. The zero-order chi connectivity index (χ0) is 9.14. The van der Waals surface area contributed by atoms with Crippen LogP contribution in [0.2, 0.25) is 0 Å². The van der Waals surface area contributed by atoms with Crippen molar-refractivity contribution in [2.24, 2.45) is 0 Å². The first-order valence-corrected chi connectivity index (χ1v) is 4.68. The second-order valence-corrected chi connectivity index (χ2v) is 3.19. The van der Waals surface area contributed by atoms with Crippen molar-refractivity contribution < 1.29 is 4.80 Å². The highest BCUT2D eigenvalue weighted by molar-refractivity contribution is 7.71. The van der Waals surface area contributed by atoms with Crippen LogP contribution in [0.3, 0.4) is 0 Å². The van der Waals surface area contributed by atoms with E-state index in [1.807, 2.05) is 16.4 Å². The lowest BCUT2D eigenvalue weighted by atomic mass is 10.3. The van der Waals surface area contributed by atoms with Crippen LogP contribution in [0.25, 0.3) is 0 Å². The standard InChI is InChI=1S/C7H14N4S/c1-4-6(3)11-8-7(12)10(5-2)9-11/h6H,4-5H2,1-3H3/p+1. The van der Waals surface area contributed by atoms with Crippen LogP contribution in [0.1, 0.15) is 33.2 Å². The molecule has 1 heterocycles. The molecule has 1 unspecified atom stereocenters. The van der Waals surface area contributed by atoms with Crippen LogP contribution in [0.4, 0.5) is 0 Å². The Morgan fingerprint density at radius 3 is 2.75 bits per heavy atom. The van der Waals surface area contributed by atoms with Crippen molar-refractivity contribution in [3.63, 3.8) is 0 Å². The minimum absolute atomic E-state index is 0.388. The zero-order valence-corrected chi connectivity index (χ0v) is 8.56. The van der Waals surface area contributed by atoms with Crippen LogP contribution in [0, 0.1) is 4.77 Å². The van der Waals surface area contributed by atoms with Crippen LogP contribution in [0.15, 0.2) is 0 Å². The molecule has 0 amide bonds. The van der Waals surface area contributed by atoms with Crippen LogP contribution < -0.4 is 4.80 Å². The van der Waals surface area contributed by atoms with Gasteiger partial charge in [-0.2, -0.15) is 0 Å². The summed E-state index contributed by atoms with van der Waals surface area (Å²) in [6.45, 7) is 7.11. The van der Waals surface area contributed by atoms with Gasteiger partial charge in [0.2, 0.25) is 0 Å². The molecule has 0 bridgehead atoms. The molecule has 1 rings (SSSR count). The SMILES string of the molecule is CCC(C)[n+]1nc(=S)n(CC)[nH]1. The maximum atomic E-state index is 5.04. The summed E-state index contributed by atoms with van der Waals surface area (Å²) >= 11 is 5.04. The van der Waals surface area contributed by atoms with Gasteiger partial charge in [-0.3, -0.25) is 0 Å². The molecule has 68 valence electrons. The molecule has 0 aliphatic heterocycles. The van der Waals surface area contributed by atoms with E-state index in [2.05, 4.69) is 24.2 Å². The lowest BCUT2D eigenvalue weighted by Gasteiger charge is -1.98. The molecule has 0 saturated heterocycles. The van der Waals surface area contributed by atoms with Gasteiger partial charge in [0.15, 0.2) is 0 Å². The van der Waals surface area contributed by atoms with Crippen molar-refractivity contribution in [2.45, 2.75) is 39.8 Å². The van der Waals surface area contributed by atoms with Gasteiger partial charge >= 0.3 is 4.77 Å². The van der Waals surface area contributed by atoms with Crippen molar-refractivity contribution in [2.75, 3.05) is 0 Å². The van der Waals surface area contributed by atoms with E-state index in [1.165, 1.54) is 0 Å². The maximum absolute atomic E-state index is 5.04. The molecule has 0 saturated carbocycles. The Morgan fingerprint density at radius 1 is 1.67 bits per heavy atom. The summed E-state index contributed by atoms with van der Waals surface area (Å²) in [4.78, 5) is 1.81. The number of aryl methyl sites for hydroxylation is 1. The van der Waals surface area contributed by atoms with Crippen molar-refractivity contribution in [3.8, 4) is 0 Å². The van der Waals surface area contributed by atoms with Gasteiger partial charge in [0, 0.05) is 0 Å². The Balaban J connectivity index is 2.96. The Hall–Kier alpha value is -0.710. The van der Waals surface area contributed by atoms with Gasteiger partial charge in [0.05, 0.1) is 0 Å². The van der Waals surface area contributed by atoms with Crippen LogP contribution in [-0.2, 0) is 6.54 Å². The molecular formula is C7H15N4S+. The number of H-pyrrole nitrogens is 1. The fourth-order valence-corrected chi connectivity index (χ4v) is 1.17. The first-order chi connectivity index (χ1) is 5.69. The topological polar surface area (TPSA) is 37.5 Å². The number of hydrogen-bond donors (Lipinski definition) is 1. The van der Waals surface area contributed by atoms with Gasteiger partial charge in [-0.15, -0.1) is 4.68 Å². The number of nitrogens with one attached hydrogen (secondary N) is 1. The molecule has 0 aliphatic rings. The minimum atomic E-state index is 0.388. The number of rotatable bonds is 3. The molecule has 0 spiro atoms. The summed E-state index contributed by atoms with van der Waals surface area (Å²) in [7, 11) is 0. The van der Waals surface area contributed by atoms with Gasteiger partial charge < -0.3 is 0 Å². The van der Waals surface area contributed by atoms with Gasteiger partial charge in [0.25, 0.3) is 0 Å². The van der Waals surface area contributed by atoms with E-state index in [0.29, 0.717) is 10.8 Å². The summed E-state index contributed by atoms with van der Waals surface area (Å²) in [6, 6.07) is 0.388. The van der Waals surface area contributed by atoms with Crippen LogP contribution >= 0.6 is 12.2 Å². The fourth-order valence-electron chi connectivity index (χ4n) is 0.911. The maximum Gasteiger partial charge on any atom is 0.347 e. The first kappa shape index (κ1) is 9.38. The molecule has 4 nitrogen and oxygen atoms in total. The fraction of sp³-hybridized carbons (Fsp3) is 0.857. The van der Waals surface area contributed by atoms with Crippen molar-refractivity contribution in [3.05, 3.63) is 4.77 Å². The predicted molar refractivity (Wildman–Crippen MR) is 48.3 cm³/mol. The zero-order valence-electron chi connectivity index (χ0n) is 7.74. The third-order valence-corrected chi connectivity index (χ3v) is 2.27. The quantitative estimate of drug-likeness (QED) is 0.570. The predicted octanol–water partition coefficient (Wildman–Crippen LogP) is 1.22. The number of tetrazole rings is 1. The van der Waals surface area contributed by atoms with Gasteiger partial charge in [0.1, 0.15) is 12.6 Å². The average molecular weight is 187 g/mol. The third-order valence-electron chi connectivity index (χ3n) is 1.97. The van der Waals surface area contributed by atoms with Crippen LogP contribution in [-0.4, -0.2) is 15.0 Å². The summed E-state index contributed by atoms with van der Waals surface area (Å²) in [5.41, 5.74) is 0. The number of aromatic nitrogens is 4. The molecule has 12 heavy (non-hydrogen) atoms. The van der Waals surface area contributed by atoms with E-state index in [1.54, 1.807) is 0 Å². The summed E-state index contributed by atoms with van der Waals surface area (Å²) < 4.78 is 2.47. The van der Waals surface area contributed by atoms with Crippen molar-refractivity contribution >= 4 is 12.2 Å². The average Bonchev–Trinajstić information content (AvgIpc) is 2.45. The molecule has 1 N–H and O–H groups in total. The Kier molecular flexibility index (Phi) is 2.97. The van der Waals surface area contributed by atoms with Gasteiger partial charge in [-0.1, -0.05) is 16.9 Å². The first-order valence-electron chi connectivity index (χ1n) is 4.27. The smallest absolute Gasteiger partial charge is 0.131 e. The molecule has 0 aromatic carbocycles. The lowest BCUT2D eigenvalue weighted by Crippen LogP contribution is -2.43. The largest absolute Gasteiger partial charge is 0.347 e. The third kappa shape index (κ3) is 1.72. The summed E-state index contributed by atoms with van der Waals surface area (Å²) in [5.74, 6) is 0. The Morgan fingerprint density at radius 2 is 2.33 bits per heavy atom. The highest BCUT2D eigenvalue weighted by atomic mass is 32.1. The molecule has 1 atom stereocenters. The van der Waals surface area contributed by atoms with E-state index in [0.717, 1.165) is 13.0 Å². The second-order valence-electron chi connectivity index (χ2n) is 2.83. The van der Waals surface area contributed by atoms with E-state index < -0.39 is 0 Å². The molecule has 5 heteroatoms. The van der Waals surface area contributed by atoms with Crippen molar-refractivity contribution in [1.29, 1.82) is 0 Å². The molecule has 0 aliphatic carbocycles. The van der Waals surface area contributed by atoms with E-state index >= 15 is 0 Å². The number of aromatic amines is 1. The lowest BCUT2D eigenvalue weighted by molar-refractivity contribution is -0.825. The Labute approximate surface area is 77.2 Å². The molecule has 1 aromatic heterocycles. The summed E-state index contributed by atoms with van der Waals surface area (Å²) in [6.07, 6.45) is 1.05. The normalized spacial score (nSPS) is 13.2. The second kappa shape index (κ2) is 3.80. The summed E-state index contributed by atoms with van der Waals surface area (Å²) in [5, 5.41) is 7.29. The van der Waals surface area contributed by atoms with Gasteiger partial charge in [-0.05, 0) is 37.6 Å². The van der Waals surface area contributed by atoms with Crippen LogP contribution in [0.5, 0.6) is 0 Å². The highest BCUT2D eigenvalue weighted by Gasteiger charge is 2.12. The molecule has 0 fully saturated rings. The minimum Gasteiger partial charge on any atom is -0.131 e. The van der Waals surface area contributed by atoms with Gasteiger partial charge in [-0.25, -0.2) is 0 Å². The number of nitrogens with zero attached hydrogens (tertiary/aromatic N) is 3. The molecule has 0 radical (unpaired) electrons. The van der Waals surface area contributed by atoms with Crippen molar-refractivity contribution in [1.82, 2.24) is 15.0 Å². The molecule has 1 aromatic rings. The van der Waals surface area contributed by atoms with E-state index in [9.17, 15) is 0 Å². The highest BCUT2D eigenvalue weighted by Crippen LogP contribution is 1.96. The van der Waals surface area contributed by atoms with E-state index in [-0.39, 0.29) is 0 Å². The number of hydrogen-bond acceptors (Lipinski definition) is 2. The van der Waals surface area contributed by atoms with E-state index in [4.69, 9.17) is 12.2 Å². The molecular weight excluding hydrogens is 172 g/mol.